The lowest BCUT2D eigenvalue weighted by Gasteiger charge is -2.28. The van der Waals surface area contributed by atoms with E-state index in [2.05, 4.69) is 28.6 Å². The van der Waals surface area contributed by atoms with Crippen molar-refractivity contribution in [2.45, 2.75) is 103 Å². The van der Waals surface area contributed by atoms with Gasteiger partial charge in [0.05, 0.1) is 19.8 Å². The van der Waals surface area contributed by atoms with Gasteiger partial charge in [-0.05, 0) is 51.4 Å². The minimum atomic E-state index is -1.13. The number of aliphatic carboxylic acids is 1. The highest BCUT2D eigenvalue weighted by Crippen LogP contribution is 2.30. The number of hydrogen-bond acceptors (Lipinski definition) is 9. The number of hydrogen-bond donors (Lipinski definition) is 5. The topological polar surface area (TPSA) is 185 Å². The van der Waals surface area contributed by atoms with Gasteiger partial charge in [-0.3, -0.25) is 33.6 Å². The number of Topliss-reactive ketones (excluding diaryl/α,β-unsaturated/α-hetero) is 3. The van der Waals surface area contributed by atoms with Crippen LogP contribution >= 0.6 is 12.6 Å². The van der Waals surface area contributed by atoms with Crippen molar-refractivity contribution in [1.29, 1.82) is 0 Å². The van der Waals surface area contributed by atoms with Crippen molar-refractivity contribution in [3.05, 3.63) is 0 Å². The molecule has 1 aliphatic rings. The molecule has 0 heterocycles. The van der Waals surface area contributed by atoms with Gasteiger partial charge in [-0.15, -0.1) is 0 Å². The molecule has 0 bridgehead atoms. The van der Waals surface area contributed by atoms with E-state index in [9.17, 15) is 33.6 Å². The number of unbranched alkanes of at least 4 members (excludes halogenated alkanes) is 2. The molecule has 0 aromatic carbocycles. The molecule has 0 saturated heterocycles. The minimum absolute atomic E-state index is 0.00338. The first-order chi connectivity index (χ1) is 20.9. The molecular weight excluding hydrogens is 590 g/mol. The van der Waals surface area contributed by atoms with E-state index in [1.807, 2.05) is 0 Å². The maximum atomic E-state index is 12.8. The van der Waals surface area contributed by atoms with E-state index in [4.69, 9.17) is 9.84 Å². The Morgan fingerprint density at radius 1 is 0.864 bits per heavy atom. The number of nitrogens with one attached hydrogen (secondary N) is 3. The first kappa shape index (κ1) is 39.2. The lowest BCUT2D eigenvalue weighted by atomic mass is 9.79. The Kier molecular flexibility index (Phi) is 20.2. The van der Waals surface area contributed by atoms with Crippen molar-refractivity contribution in [3.63, 3.8) is 0 Å². The fraction of sp³-hybridized carbons (Fsp3) is 0.774. The number of rotatable bonds is 24. The van der Waals surface area contributed by atoms with E-state index in [0.29, 0.717) is 51.8 Å². The molecule has 1 fully saturated rings. The fourth-order valence-electron chi connectivity index (χ4n) is 5.09. The summed E-state index contributed by atoms with van der Waals surface area (Å²) in [5.74, 6) is -2.21. The van der Waals surface area contributed by atoms with Crippen molar-refractivity contribution in [3.8, 4) is 0 Å². The Hall–Kier alpha value is -2.80. The second-order valence-corrected chi connectivity index (χ2v) is 12.2. The Labute approximate surface area is 266 Å². The van der Waals surface area contributed by atoms with E-state index in [0.717, 1.165) is 32.1 Å². The first-order valence-corrected chi connectivity index (χ1v) is 16.3. The third-order valence-corrected chi connectivity index (χ3v) is 8.20. The molecule has 1 saturated carbocycles. The molecule has 12 nitrogen and oxygen atoms in total. The molecule has 0 spiro atoms. The Bertz CT molecular complexity index is 967. The summed E-state index contributed by atoms with van der Waals surface area (Å²) in [6.45, 7) is 4.39. The summed E-state index contributed by atoms with van der Waals surface area (Å²) < 4.78 is 5.40. The van der Waals surface area contributed by atoms with Crippen molar-refractivity contribution >= 4 is 53.7 Å². The van der Waals surface area contributed by atoms with E-state index < -0.39 is 17.1 Å². The van der Waals surface area contributed by atoms with Gasteiger partial charge in [0.15, 0.2) is 0 Å². The molecule has 0 aromatic heterocycles. The molecule has 4 N–H and O–H groups in total. The van der Waals surface area contributed by atoms with Crippen LogP contribution in [0.2, 0.25) is 0 Å². The summed E-state index contributed by atoms with van der Waals surface area (Å²) in [5.41, 5.74) is 0. The standard InChI is InChI=1S/C31H51N3O9S/c1-3-28(38)32-14-16-43-15-13-25(36)17-24(30(40)34-19-21(2)35)7-5-4-6-8-26(37)23-11-9-22(10-12-23)20-33-29(39)18-27(44)31(41)42/h22-24,27,44H,3-20H2,1-2H3,(H,32,38)(H,33,39)(H,34,40)(H,41,42). The number of carbonyl (C=O) groups excluding carboxylic acids is 6. The monoisotopic (exact) mass is 641 g/mol. The first-order valence-electron chi connectivity index (χ1n) is 15.8. The maximum absolute atomic E-state index is 12.8. The van der Waals surface area contributed by atoms with Gasteiger partial charge in [-0.2, -0.15) is 12.6 Å². The van der Waals surface area contributed by atoms with Gasteiger partial charge in [-0.25, -0.2) is 0 Å². The molecule has 0 aromatic rings. The largest absolute Gasteiger partial charge is 0.480 e. The van der Waals surface area contributed by atoms with Gasteiger partial charge in [-0.1, -0.05) is 19.8 Å². The molecule has 0 aliphatic heterocycles. The van der Waals surface area contributed by atoms with Gasteiger partial charge < -0.3 is 25.8 Å². The van der Waals surface area contributed by atoms with E-state index in [1.165, 1.54) is 6.92 Å². The molecular formula is C31H51N3O9S. The summed E-state index contributed by atoms with van der Waals surface area (Å²) in [6, 6.07) is 0. The Balaban J connectivity index is 2.34. The quantitative estimate of drug-likeness (QED) is 0.0780. The number of ether oxygens (including phenoxy) is 1. The lowest BCUT2D eigenvalue weighted by Crippen LogP contribution is -2.35. The average molecular weight is 642 g/mol. The zero-order valence-corrected chi connectivity index (χ0v) is 27.1. The van der Waals surface area contributed by atoms with Gasteiger partial charge in [0, 0.05) is 57.0 Å². The molecule has 13 heteroatoms. The van der Waals surface area contributed by atoms with Crippen molar-refractivity contribution in [1.82, 2.24) is 16.0 Å². The molecule has 44 heavy (non-hydrogen) atoms. The summed E-state index contributed by atoms with van der Waals surface area (Å²) >= 11 is 3.88. The van der Waals surface area contributed by atoms with Crippen molar-refractivity contribution in [2.24, 2.45) is 17.8 Å². The number of carboxylic acids is 1. The van der Waals surface area contributed by atoms with Crippen LogP contribution in [0.3, 0.4) is 0 Å². The number of ketones is 3. The highest BCUT2D eigenvalue weighted by atomic mass is 32.1. The molecule has 1 aliphatic carbocycles. The van der Waals surface area contributed by atoms with Gasteiger partial charge >= 0.3 is 5.97 Å². The Morgan fingerprint density at radius 2 is 1.57 bits per heavy atom. The van der Waals surface area contributed by atoms with Crippen molar-refractivity contribution in [2.75, 3.05) is 32.8 Å². The fourth-order valence-corrected chi connectivity index (χ4v) is 5.25. The van der Waals surface area contributed by atoms with E-state index in [1.54, 1.807) is 6.92 Å². The van der Waals surface area contributed by atoms with Crippen LogP contribution in [0.4, 0.5) is 0 Å². The molecule has 2 atom stereocenters. The zero-order valence-electron chi connectivity index (χ0n) is 26.2. The van der Waals surface area contributed by atoms with Crippen LogP contribution in [-0.4, -0.2) is 84.2 Å². The number of amides is 3. The highest BCUT2D eigenvalue weighted by Gasteiger charge is 2.27. The zero-order chi connectivity index (χ0) is 32.9. The summed E-state index contributed by atoms with van der Waals surface area (Å²) in [7, 11) is 0. The van der Waals surface area contributed by atoms with E-state index in [-0.39, 0.29) is 79.3 Å². The Morgan fingerprint density at radius 3 is 2.20 bits per heavy atom. The normalized spacial score (nSPS) is 17.6. The number of carbonyl (C=O) groups is 7. The van der Waals surface area contributed by atoms with Gasteiger partial charge in [0.25, 0.3) is 0 Å². The van der Waals surface area contributed by atoms with Crippen LogP contribution in [0.5, 0.6) is 0 Å². The molecule has 3 amide bonds. The molecule has 2 unspecified atom stereocenters. The third kappa shape index (κ3) is 18.1. The average Bonchev–Trinajstić information content (AvgIpc) is 2.99. The SMILES string of the molecule is CCC(=O)NCCOCCC(=O)CC(CCCCCC(=O)C1CCC(CNC(=O)CC(S)C(=O)O)CC1)C(=O)NCC(C)=O. The summed E-state index contributed by atoms with van der Waals surface area (Å²) in [4.78, 5) is 83.2. The third-order valence-electron chi connectivity index (χ3n) is 7.80. The predicted octanol–water partition coefficient (Wildman–Crippen LogP) is 2.42. The summed E-state index contributed by atoms with van der Waals surface area (Å²) in [5, 5.41) is 15.9. The second-order valence-electron chi connectivity index (χ2n) is 11.6. The second kappa shape index (κ2) is 22.7. The van der Waals surface area contributed by atoms with Crippen LogP contribution < -0.4 is 16.0 Å². The van der Waals surface area contributed by atoms with Crippen LogP contribution in [-0.2, 0) is 38.3 Å². The minimum Gasteiger partial charge on any atom is -0.480 e. The highest BCUT2D eigenvalue weighted by molar-refractivity contribution is 7.81. The van der Waals surface area contributed by atoms with Crippen LogP contribution in [0.1, 0.15) is 97.3 Å². The number of carboxylic acid groups (broad SMARTS) is 1. The molecule has 0 radical (unpaired) electrons. The van der Waals surface area contributed by atoms with Crippen LogP contribution in [0.15, 0.2) is 0 Å². The van der Waals surface area contributed by atoms with Gasteiger partial charge in [0.2, 0.25) is 17.7 Å². The van der Waals surface area contributed by atoms with Crippen LogP contribution in [0.25, 0.3) is 0 Å². The van der Waals surface area contributed by atoms with Crippen molar-refractivity contribution < 1.29 is 43.4 Å². The number of thiol groups is 1. The van der Waals surface area contributed by atoms with Gasteiger partial charge in [0.1, 0.15) is 22.6 Å². The van der Waals surface area contributed by atoms with Crippen LogP contribution in [0, 0.1) is 17.8 Å². The predicted molar refractivity (Wildman–Crippen MR) is 167 cm³/mol. The molecule has 1 rings (SSSR count). The smallest absolute Gasteiger partial charge is 0.316 e. The maximum Gasteiger partial charge on any atom is 0.316 e. The van der Waals surface area contributed by atoms with E-state index >= 15 is 0 Å². The lowest BCUT2D eigenvalue weighted by molar-refractivity contribution is -0.138. The molecule has 250 valence electrons. The summed E-state index contributed by atoms with van der Waals surface area (Å²) in [6.07, 6.45) is 6.65.